The Labute approximate surface area is 78.2 Å². The van der Waals surface area contributed by atoms with Crippen molar-refractivity contribution in [1.82, 2.24) is 15.1 Å². The molecule has 0 aliphatic rings. The number of carboxylic acids is 1. The summed E-state index contributed by atoms with van der Waals surface area (Å²) in [6.45, 7) is 0. The maximum Gasteiger partial charge on any atom is 0.374 e. The van der Waals surface area contributed by atoms with Crippen LogP contribution in [-0.4, -0.2) is 26.2 Å². The molecule has 1 N–H and O–H groups in total. The Balaban J connectivity index is 2.39. The lowest BCUT2D eigenvalue weighted by molar-refractivity contribution is 0.0652. The molecule has 0 radical (unpaired) electrons. The molecule has 6 nitrogen and oxygen atoms in total. The molecule has 70 valence electrons. The Morgan fingerprint density at radius 3 is 2.64 bits per heavy atom. The van der Waals surface area contributed by atoms with Gasteiger partial charge in [0.15, 0.2) is 11.5 Å². The van der Waals surface area contributed by atoms with Gasteiger partial charge in [-0.3, -0.25) is 0 Å². The molecular formula is C8H5N3O3. The number of rotatable bonds is 2. The van der Waals surface area contributed by atoms with E-state index < -0.39 is 5.97 Å². The molecule has 0 fully saturated rings. The van der Waals surface area contributed by atoms with Gasteiger partial charge < -0.3 is 9.63 Å². The molecule has 0 spiro atoms. The Bertz CT molecular complexity index is 452. The van der Waals surface area contributed by atoms with E-state index in [1.165, 1.54) is 18.5 Å². The second-order valence-electron chi connectivity index (χ2n) is 2.45. The fourth-order valence-corrected chi connectivity index (χ4v) is 0.913. The second-order valence-corrected chi connectivity index (χ2v) is 2.45. The lowest BCUT2D eigenvalue weighted by atomic mass is 10.3. The summed E-state index contributed by atoms with van der Waals surface area (Å²) in [6.07, 6.45) is 3.08. The summed E-state index contributed by atoms with van der Waals surface area (Å²) in [5.74, 6) is -1.06. The van der Waals surface area contributed by atoms with Gasteiger partial charge in [0, 0.05) is 18.5 Å². The molecule has 0 saturated heterocycles. The Hall–Kier alpha value is -2.24. The number of nitrogens with zero attached hydrogens (tertiary/aromatic N) is 3. The van der Waals surface area contributed by atoms with Crippen LogP contribution in [0.1, 0.15) is 10.6 Å². The fraction of sp³-hybridized carbons (Fsp3) is 0. The molecule has 0 aliphatic heterocycles. The van der Waals surface area contributed by atoms with E-state index in [1.54, 1.807) is 6.07 Å². The summed E-state index contributed by atoms with van der Waals surface area (Å²) in [4.78, 5) is 18.3. The molecule has 6 heteroatoms. The van der Waals surface area contributed by atoms with Crippen LogP contribution in [0, 0.1) is 0 Å². The first-order valence-corrected chi connectivity index (χ1v) is 3.75. The molecule has 0 amide bonds. The van der Waals surface area contributed by atoms with Crippen molar-refractivity contribution in [3.05, 3.63) is 30.3 Å². The van der Waals surface area contributed by atoms with Crippen molar-refractivity contribution >= 4 is 5.97 Å². The van der Waals surface area contributed by atoms with Crippen molar-refractivity contribution in [3.8, 4) is 11.5 Å². The van der Waals surface area contributed by atoms with Crippen LogP contribution in [0.2, 0.25) is 0 Å². The molecule has 14 heavy (non-hydrogen) atoms. The third kappa shape index (κ3) is 1.45. The quantitative estimate of drug-likeness (QED) is 0.756. The fourth-order valence-electron chi connectivity index (χ4n) is 0.913. The molecule has 2 aromatic heterocycles. The molecule has 0 atom stereocenters. The number of hydrogen-bond donors (Lipinski definition) is 1. The molecule has 0 bridgehead atoms. The van der Waals surface area contributed by atoms with Crippen LogP contribution in [0.5, 0.6) is 0 Å². The number of carbonyl (C=O) groups is 1. The first kappa shape index (κ1) is 8.36. The lowest BCUT2D eigenvalue weighted by Gasteiger charge is -1.88. The van der Waals surface area contributed by atoms with Crippen molar-refractivity contribution in [2.45, 2.75) is 0 Å². The largest absolute Gasteiger partial charge is 0.475 e. The minimum absolute atomic E-state index is 0.229. The number of aromatic nitrogens is 3. The molecular weight excluding hydrogens is 186 g/mol. The first-order valence-electron chi connectivity index (χ1n) is 3.75. The minimum Gasteiger partial charge on any atom is -0.475 e. The van der Waals surface area contributed by atoms with Crippen molar-refractivity contribution < 1.29 is 14.4 Å². The molecule has 0 aliphatic carbocycles. The zero-order chi connectivity index (χ0) is 9.97. The predicted octanol–water partition coefficient (Wildman–Crippen LogP) is 0.830. The van der Waals surface area contributed by atoms with Gasteiger partial charge >= 0.3 is 5.97 Å². The monoisotopic (exact) mass is 191 g/mol. The smallest absolute Gasteiger partial charge is 0.374 e. The Morgan fingerprint density at radius 1 is 1.36 bits per heavy atom. The highest BCUT2D eigenvalue weighted by Gasteiger charge is 2.13. The van der Waals surface area contributed by atoms with Gasteiger partial charge in [0.05, 0.1) is 0 Å². The number of hydrogen-bond acceptors (Lipinski definition) is 5. The summed E-state index contributed by atoms with van der Waals surface area (Å²) in [5, 5.41) is 12.1. The Morgan fingerprint density at radius 2 is 2.07 bits per heavy atom. The van der Waals surface area contributed by atoms with E-state index in [0.29, 0.717) is 11.5 Å². The van der Waals surface area contributed by atoms with E-state index in [9.17, 15) is 4.79 Å². The van der Waals surface area contributed by atoms with Gasteiger partial charge in [0.2, 0.25) is 5.76 Å². The van der Waals surface area contributed by atoms with Gasteiger partial charge in [0.1, 0.15) is 0 Å². The molecule has 0 saturated carbocycles. The maximum atomic E-state index is 10.5. The average Bonchev–Trinajstić information content (AvgIpc) is 2.68. The van der Waals surface area contributed by atoms with Gasteiger partial charge in [0.25, 0.3) is 0 Å². The van der Waals surface area contributed by atoms with E-state index in [2.05, 4.69) is 19.6 Å². The summed E-state index contributed by atoms with van der Waals surface area (Å²) >= 11 is 0. The maximum absolute atomic E-state index is 10.5. The van der Waals surface area contributed by atoms with Crippen molar-refractivity contribution in [1.29, 1.82) is 0 Å². The molecule has 2 aromatic rings. The third-order valence-corrected chi connectivity index (χ3v) is 1.52. The SMILES string of the molecule is O=C(O)c1cc(-c2ncccn2)no1. The van der Waals surface area contributed by atoms with E-state index in [0.717, 1.165) is 0 Å². The zero-order valence-corrected chi connectivity index (χ0v) is 6.91. The summed E-state index contributed by atoms with van der Waals surface area (Å²) < 4.78 is 4.55. The standard InChI is InChI=1S/C8H5N3O3/c12-8(13)6-4-5(11-14-6)7-9-2-1-3-10-7/h1-4H,(H,12,13). The van der Waals surface area contributed by atoms with Crippen LogP contribution in [0.4, 0.5) is 0 Å². The Kier molecular flexibility index (Phi) is 1.94. The summed E-state index contributed by atoms with van der Waals surface area (Å²) in [5.41, 5.74) is 0.308. The zero-order valence-electron chi connectivity index (χ0n) is 6.91. The molecule has 2 heterocycles. The highest BCUT2D eigenvalue weighted by Crippen LogP contribution is 2.13. The van der Waals surface area contributed by atoms with Crippen LogP contribution in [-0.2, 0) is 0 Å². The van der Waals surface area contributed by atoms with Gasteiger partial charge in [-0.05, 0) is 6.07 Å². The van der Waals surface area contributed by atoms with E-state index in [4.69, 9.17) is 5.11 Å². The van der Waals surface area contributed by atoms with Crippen LogP contribution < -0.4 is 0 Å². The second kappa shape index (κ2) is 3.25. The van der Waals surface area contributed by atoms with Crippen molar-refractivity contribution in [2.75, 3.05) is 0 Å². The van der Waals surface area contributed by atoms with Gasteiger partial charge in [-0.1, -0.05) is 5.16 Å². The number of carboxylic acid groups (broad SMARTS) is 1. The van der Waals surface area contributed by atoms with E-state index in [-0.39, 0.29) is 5.76 Å². The first-order chi connectivity index (χ1) is 6.77. The predicted molar refractivity (Wildman–Crippen MR) is 44.5 cm³/mol. The van der Waals surface area contributed by atoms with Gasteiger partial charge in [-0.2, -0.15) is 0 Å². The average molecular weight is 191 g/mol. The van der Waals surface area contributed by atoms with Crippen molar-refractivity contribution in [3.63, 3.8) is 0 Å². The summed E-state index contributed by atoms with van der Waals surface area (Å²) in [6, 6.07) is 2.93. The van der Waals surface area contributed by atoms with Crippen LogP contribution in [0.15, 0.2) is 29.0 Å². The molecule has 0 unspecified atom stereocenters. The minimum atomic E-state index is -1.17. The van der Waals surface area contributed by atoms with E-state index in [1.807, 2.05) is 0 Å². The highest BCUT2D eigenvalue weighted by atomic mass is 16.5. The van der Waals surface area contributed by atoms with Crippen LogP contribution >= 0.6 is 0 Å². The van der Waals surface area contributed by atoms with Crippen molar-refractivity contribution in [2.24, 2.45) is 0 Å². The van der Waals surface area contributed by atoms with Crippen LogP contribution in [0.3, 0.4) is 0 Å². The molecule has 2 rings (SSSR count). The normalized spacial score (nSPS) is 10.0. The third-order valence-electron chi connectivity index (χ3n) is 1.52. The van der Waals surface area contributed by atoms with E-state index >= 15 is 0 Å². The van der Waals surface area contributed by atoms with Gasteiger partial charge in [-0.15, -0.1) is 0 Å². The number of aromatic carboxylic acids is 1. The topological polar surface area (TPSA) is 89.1 Å². The van der Waals surface area contributed by atoms with Crippen LogP contribution in [0.25, 0.3) is 11.5 Å². The van der Waals surface area contributed by atoms with Gasteiger partial charge in [-0.25, -0.2) is 14.8 Å². The summed E-state index contributed by atoms with van der Waals surface area (Å²) in [7, 11) is 0. The highest BCUT2D eigenvalue weighted by molar-refractivity contribution is 5.85. The lowest BCUT2D eigenvalue weighted by Crippen LogP contribution is -1.91. The molecule has 0 aromatic carbocycles.